The fourth-order valence-corrected chi connectivity index (χ4v) is 3.72. The highest BCUT2D eigenvalue weighted by atomic mass is 32.2. The lowest BCUT2D eigenvalue weighted by atomic mass is 10.2. The van der Waals surface area contributed by atoms with Crippen molar-refractivity contribution in [3.8, 4) is 5.75 Å². The van der Waals surface area contributed by atoms with E-state index in [0.29, 0.717) is 6.61 Å². The molecule has 25 heavy (non-hydrogen) atoms. The van der Waals surface area contributed by atoms with Crippen LogP contribution in [0.1, 0.15) is 22.1 Å². The zero-order valence-electron chi connectivity index (χ0n) is 13.6. The Labute approximate surface area is 151 Å². The fourth-order valence-electron chi connectivity index (χ4n) is 2.69. The van der Waals surface area contributed by atoms with Gasteiger partial charge in [-0.25, -0.2) is 0 Å². The summed E-state index contributed by atoms with van der Waals surface area (Å²) >= 11 is 1.71. The molecule has 1 aliphatic rings. The van der Waals surface area contributed by atoms with Crippen molar-refractivity contribution in [2.45, 2.75) is 12.0 Å². The first-order chi connectivity index (χ1) is 12.4. The minimum absolute atomic E-state index is 0.0576. The van der Waals surface area contributed by atoms with Crippen LogP contribution in [0.2, 0.25) is 0 Å². The number of benzene rings is 3. The number of ether oxygens (including phenoxy) is 1. The van der Waals surface area contributed by atoms with Gasteiger partial charge in [-0.05, 0) is 11.6 Å². The molecule has 0 aromatic heterocycles. The van der Waals surface area contributed by atoms with Gasteiger partial charge in [-0.2, -0.15) is 5.10 Å². The van der Waals surface area contributed by atoms with E-state index in [4.69, 9.17) is 4.74 Å². The van der Waals surface area contributed by atoms with Crippen LogP contribution >= 0.6 is 11.8 Å². The molecule has 124 valence electrons. The molecule has 0 saturated carbocycles. The Hall–Kier alpha value is -2.72. The molecule has 1 N–H and O–H groups in total. The van der Waals surface area contributed by atoms with Crippen molar-refractivity contribution in [1.29, 1.82) is 0 Å². The molecule has 0 aliphatic carbocycles. The molecule has 0 saturated heterocycles. The number of thioether (sulfide) groups is 1. The Morgan fingerprint density at radius 1 is 0.840 bits per heavy atom. The van der Waals surface area contributed by atoms with Gasteiger partial charge in [0.2, 0.25) is 0 Å². The summed E-state index contributed by atoms with van der Waals surface area (Å²) in [6, 6.07) is 28.6. The predicted molar refractivity (Wildman–Crippen MR) is 104 cm³/mol. The van der Waals surface area contributed by atoms with Crippen LogP contribution < -0.4 is 10.2 Å². The average Bonchev–Trinajstić information content (AvgIpc) is 3.18. The molecule has 1 atom stereocenters. The smallest absolute Gasteiger partial charge is 0.126 e. The third-order valence-corrected chi connectivity index (χ3v) is 5.12. The maximum atomic E-state index is 6.07. The summed E-state index contributed by atoms with van der Waals surface area (Å²) in [7, 11) is 0. The van der Waals surface area contributed by atoms with Gasteiger partial charge in [0.25, 0.3) is 0 Å². The van der Waals surface area contributed by atoms with E-state index in [9.17, 15) is 0 Å². The van der Waals surface area contributed by atoms with Crippen molar-refractivity contribution < 1.29 is 4.74 Å². The lowest BCUT2D eigenvalue weighted by Crippen LogP contribution is -2.09. The van der Waals surface area contributed by atoms with Crippen molar-refractivity contribution in [2.24, 2.45) is 5.10 Å². The summed E-state index contributed by atoms with van der Waals surface area (Å²) in [5, 5.41) is 5.56. The molecule has 3 aromatic carbocycles. The number of nitrogens with zero attached hydrogens (tertiary/aromatic N) is 1. The number of nitrogens with one attached hydrogen (secondary N) is 1. The van der Waals surface area contributed by atoms with Crippen molar-refractivity contribution in [1.82, 2.24) is 5.43 Å². The first-order valence-corrected chi connectivity index (χ1v) is 9.09. The molecule has 3 aromatic rings. The van der Waals surface area contributed by atoms with Gasteiger partial charge in [0, 0.05) is 11.1 Å². The fraction of sp³-hybridized carbons (Fsp3) is 0.0952. The van der Waals surface area contributed by atoms with E-state index in [1.807, 2.05) is 54.6 Å². The van der Waals surface area contributed by atoms with E-state index in [-0.39, 0.29) is 5.37 Å². The van der Waals surface area contributed by atoms with Gasteiger partial charge < -0.3 is 4.74 Å². The summed E-state index contributed by atoms with van der Waals surface area (Å²) in [4.78, 5) is 0. The summed E-state index contributed by atoms with van der Waals surface area (Å²) in [5.74, 6) is 0.890. The van der Waals surface area contributed by atoms with Crippen LogP contribution in [0.5, 0.6) is 5.75 Å². The van der Waals surface area contributed by atoms with Crippen molar-refractivity contribution in [3.63, 3.8) is 0 Å². The lowest BCUT2D eigenvalue weighted by molar-refractivity contribution is 0.302. The topological polar surface area (TPSA) is 33.6 Å². The maximum Gasteiger partial charge on any atom is 0.126 e. The number of hydrogen-bond acceptors (Lipinski definition) is 4. The van der Waals surface area contributed by atoms with Gasteiger partial charge >= 0.3 is 0 Å². The Kier molecular flexibility index (Phi) is 4.70. The normalized spacial score (nSPS) is 16.2. The lowest BCUT2D eigenvalue weighted by Gasteiger charge is -2.15. The van der Waals surface area contributed by atoms with Gasteiger partial charge in [0.05, 0.1) is 0 Å². The first-order valence-electron chi connectivity index (χ1n) is 8.21. The second-order valence-corrected chi connectivity index (χ2v) is 6.82. The monoisotopic (exact) mass is 346 g/mol. The van der Waals surface area contributed by atoms with Gasteiger partial charge in [-0.1, -0.05) is 90.6 Å². The van der Waals surface area contributed by atoms with Gasteiger partial charge in [-0.15, -0.1) is 0 Å². The molecule has 0 amide bonds. The zero-order valence-corrected chi connectivity index (χ0v) is 14.4. The van der Waals surface area contributed by atoms with Gasteiger partial charge in [0.15, 0.2) is 0 Å². The third kappa shape index (κ3) is 3.69. The van der Waals surface area contributed by atoms with Crippen LogP contribution in [0, 0.1) is 0 Å². The second-order valence-electron chi connectivity index (χ2n) is 5.72. The van der Waals surface area contributed by atoms with Crippen LogP contribution in [0.3, 0.4) is 0 Å². The summed E-state index contributed by atoms with van der Waals surface area (Å²) in [6.07, 6.45) is 0. The van der Waals surface area contributed by atoms with Crippen LogP contribution in [0.15, 0.2) is 90.0 Å². The highest BCUT2D eigenvalue weighted by molar-refractivity contribution is 8.14. The highest BCUT2D eigenvalue weighted by Crippen LogP contribution is 2.38. The van der Waals surface area contributed by atoms with Gasteiger partial charge in [-0.3, -0.25) is 5.43 Å². The second kappa shape index (κ2) is 7.45. The third-order valence-electron chi connectivity index (χ3n) is 3.97. The van der Waals surface area contributed by atoms with Crippen molar-refractivity contribution in [2.75, 3.05) is 0 Å². The molecule has 4 heteroatoms. The maximum absolute atomic E-state index is 6.07. The number of hydrogen-bond donors (Lipinski definition) is 1. The number of rotatable bonds is 5. The van der Waals surface area contributed by atoms with Crippen LogP contribution in [-0.4, -0.2) is 5.04 Å². The summed E-state index contributed by atoms with van der Waals surface area (Å²) in [6.45, 7) is 0.557. The van der Waals surface area contributed by atoms with E-state index in [2.05, 4.69) is 40.9 Å². The van der Waals surface area contributed by atoms with E-state index >= 15 is 0 Å². The van der Waals surface area contributed by atoms with Crippen LogP contribution in [-0.2, 0) is 6.61 Å². The Bertz CT molecular complexity index is 865. The predicted octanol–water partition coefficient (Wildman–Crippen LogP) is 4.96. The molecule has 1 heterocycles. The molecule has 0 unspecified atom stereocenters. The minimum Gasteiger partial charge on any atom is -0.489 e. The molecule has 0 spiro atoms. The molecule has 1 aliphatic heterocycles. The van der Waals surface area contributed by atoms with E-state index < -0.39 is 0 Å². The van der Waals surface area contributed by atoms with E-state index in [0.717, 1.165) is 27.5 Å². The summed E-state index contributed by atoms with van der Waals surface area (Å²) < 4.78 is 6.07. The molecule has 0 fully saturated rings. The standard InChI is InChI=1S/C21H18N2OS/c1-3-9-16(10-4-1)15-24-19-14-8-7-13-18(19)21-23-22-20(25-21)17-11-5-2-6-12-17/h1-14,21,23H,15H2/t21-/m0/s1. The SMILES string of the molecule is c1ccc(COc2ccccc2[C@H]2NN=C(c3ccccc3)S2)cc1. The Balaban J connectivity index is 1.48. The molecule has 0 radical (unpaired) electrons. The van der Waals surface area contributed by atoms with Gasteiger partial charge in [0.1, 0.15) is 22.8 Å². The zero-order chi connectivity index (χ0) is 16.9. The number of hydrazone groups is 1. The van der Waals surface area contributed by atoms with E-state index in [1.54, 1.807) is 11.8 Å². The molecular weight excluding hydrogens is 328 g/mol. The summed E-state index contributed by atoms with van der Waals surface area (Å²) in [5.41, 5.74) is 6.63. The molecule has 3 nitrogen and oxygen atoms in total. The minimum atomic E-state index is 0.0576. The number of para-hydroxylation sites is 1. The molecular formula is C21H18N2OS. The van der Waals surface area contributed by atoms with Crippen LogP contribution in [0.25, 0.3) is 0 Å². The first kappa shape index (κ1) is 15.8. The van der Waals surface area contributed by atoms with E-state index in [1.165, 1.54) is 0 Å². The Morgan fingerprint density at radius 2 is 1.52 bits per heavy atom. The molecule has 4 rings (SSSR count). The van der Waals surface area contributed by atoms with Crippen LogP contribution in [0.4, 0.5) is 0 Å². The Morgan fingerprint density at radius 3 is 2.32 bits per heavy atom. The highest BCUT2D eigenvalue weighted by Gasteiger charge is 2.24. The quantitative estimate of drug-likeness (QED) is 0.709. The van der Waals surface area contributed by atoms with Crippen molar-refractivity contribution >= 4 is 16.8 Å². The average molecular weight is 346 g/mol. The molecule has 0 bridgehead atoms. The largest absolute Gasteiger partial charge is 0.489 e. The van der Waals surface area contributed by atoms with Crippen molar-refractivity contribution in [3.05, 3.63) is 102 Å².